The number of guanidine groups is 1. The molecule has 1 aliphatic carbocycles. The van der Waals surface area contributed by atoms with Gasteiger partial charge in [-0.3, -0.25) is 9.89 Å². The number of nitrogens with zero attached hydrogens (tertiary/aromatic N) is 2. The molecule has 0 unspecified atom stereocenters. The Morgan fingerprint density at radius 3 is 2.26 bits per heavy atom. The van der Waals surface area contributed by atoms with E-state index in [9.17, 15) is 0 Å². The minimum absolute atomic E-state index is 0. The van der Waals surface area contributed by atoms with Crippen molar-refractivity contribution in [1.29, 1.82) is 0 Å². The molecule has 114 valence electrons. The van der Waals surface area contributed by atoms with Crippen LogP contribution in [0.5, 0.6) is 0 Å². The molecule has 0 amide bonds. The van der Waals surface area contributed by atoms with Gasteiger partial charge in [0.05, 0.1) is 0 Å². The van der Waals surface area contributed by atoms with Crippen molar-refractivity contribution in [2.75, 3.05) is 26.7 Å². The van der Waals surface area contributed by atoms with Gasteiger partial charge in [-0.15, -0.1) is 24.0 Å². The van der Waals surface area contributed by atoms with Gasteiger partial charge in [0, 0.05) is 38.8 Å². The summed E-state index contributed by atoms with van der Waals surface area (Å²) in [6.07, 6.45) is 2.75. The number of nitrogens with one attached hydrogen (secondary N) is 2. The number of rotatable bonds is 7. The Kier molecular flexibility index (Phi) is 9.78. The van der Waals surface area contributed by atoms with E-state index < -0.39 is 0 Å². The van der Waals surface area contributed by atoms with Crippen LogP contribution in [-0.4, -0.2) is 49.6 Å². The predicted molar refractivity (Wildman–Crippen MR) is 94.5 cm³/mol. The second-order valence-electron chi connectivity index (χ2n) is 5.84. The summed E-state index contributed by atoms with van der Waals surface area (Å²) in [5.74, 6) is 1.56. The van der Waals surface area contributed by atoms with Crippen LogP contribution >= 0.6 is 24.0 Å². The highest BCUT2D eigenvalue weighted by molar-refractivity contribution is 14.0. The number of halogens is 1. The maximum Gasteiger partial charge on any atom is 0.191 e. The largest absolute Gasteiger partial charge is 0.356 e. The first-order valence-corrected chi connectivity index (χ1v) is 7.24. The van der Waals surface area contributed by atoms with Gasteiger partial charge in [-0.1, -0.05) is 13.8 Å². The molecule has 0 saturated heterocycles. The van der Waals surface area contributed by atoms with E-state index in [2.05, 4.69) is 48.2 Å². The molecular weight excluding hydrogens is 351 g/mol. The van der Waals surface area contributed by atoms with Gasteiger partial charge >= 0.3 is 0 Å². The molecule has 0 aliphatic heterocycles. The van der Waals surface area contributed by atoms with E-state index in [0.717, 1.165) is 31.6 Å². The van der Waals surface area contributed by atoms with Gasteiger partial charge in [-0.05, 0) is 32.6 Å². The van der Waals surface area contributed by atoms with Crippen LogP contribution in [0.25, 0.3) is 0 Å². The van der Waals surface area contributed by atoms with Crippen LogP contribution in [0.15, 0.2) is 4.99 Å². The summed E-state index contributed by atoms with van der Waals surface area (Å²) in [7, 11) is 1.83. The van der Waals surface area contributed by atoms with Crippen LogP contribution in [0.1, 0.15) is 40.5 Å². The van der Waals surface area contributed by atoms with Crippen LogP contribution in [0, 0.1) is 5.92 Å². The van der Waals surface area contributed by atoms with Crippen molar-refractivity contribution in [2.45, 2.75) is 52.6 Å². The lowest BCUT2D eigenvalue weighted by Gasteiger charge is -2.26. The summed E-state index contributed by atoms with van der Waals surface area (Å²) in [6, 6.07) is 1.47. The van der Waals surface area contributed by atoms with E-state index in [0.29, 0.717) is 12.0 Å². The molecule has 0 bridgehead atoms. The van der Waals surface area contributed by atoms with Crippen LogP contribution in [0.4, 0.5) is 0 Å². The molecular formula is C14H31IN4. The van der Waals surface area contributed by atoms with Gasteiger partial charge in [0.15, 0.2) is 5.96 Å². The van der Waals surface area contributed by atoms with Crippen molar-refractivity contribution in [3.05, 3.63) is 0 Å². The van der Waals surface area contributed by atoms with E-state index in [-0.39, 0.29) is 24.0 Å². The molecule has 0 radical (unpaired) electrons. The number of aliphatic imine (C=N–C) groups is 1. The maximum atomic E-state index is 4.24. The summed E-state index contributed by atoms with van der Waals surface area (Å²) < 4.78 is 0. The minimum atomic E-state index is 0. The molecule has 1 saturated carbocycles. The van der Waals surface area contributed by atoms with Crippen LogP contribution in [0.2, 0.25) is 0 Å². The van der Waals surface area contributed by atoms with Gasteiger partial charge in [0.2, 0.25) is 0 Å². The number of hydrogen-bond donors (Lipinski definition) is 2. The molecule has 0 atom stereocenters. The molecule has 0 spiro atoms. The second-order valence-corrected chi connectivity index (χ2v) is 5.84. The highest BCUT2D eigenvalue weighted by Crippen LogP contribution is 2.27. The third-order valence-corrected chi connectivity index (χ3v) is 3.24. The van der Waals surface area contributed by atoms with Gasteiger partial charge in [0.1, 0.15) is 0 Å². The maximum absolute atomic E-state index is 4.24. The summed E-state index contributed by atoms with van der Waals surface area (Å²) in [6.45, 7) is 12.0. The number of hydrogen-bond acceptors (Lipinski definition) is 2. The lowest BCUT2D eigenvalue weighted by Crippen LogP contribution is -2.44. The summed E-state index contributed by atoms with van der Waals surface area (Å²) in [5, 5.41) is 6.73. The lowest BCUT2D eigenvalue weighted by molar-refractivity contribution is 0.215. The molecule has 1 aliphatic rings. The minimum Gasteiger partial charge on any atom is -0.356 e. The first kappa shape index (κ1) is 19.0. The zero-order chi connectivity index (χ0) is 13.5. The van der Waals surface area contributed by atoms with E-state index in [1.54, 1.807) is 0 Å². The highest BCUT2D eigenvalue weighted by atomic mass is 127. The van der Waals surface area contributed by atoms with E-state index in [4.69, 9.17) is 0 Å². The third-order valence-electron chi connectivity index (χ3n) is 3.24. The molecule has 0 aromatic rings. The van der Waals surface area contributed by atoms with Crippen molar-refractivity contribution in [2.24, 2.45) is 10.9 Å². The molecule has 4 nitrogen and oxygen atoms in total. The summed E-state index contributed by atoms with van der Waals surface area (Å²) >= 11 is 0. The van der Waals surface area contributed by atoms with E-state index in [1.807, 2.05) is 7.05 Å². The summed E-state index contributed by atoms with van der Waals surface area (Å²) in [4.78, 5) is 6.82. The van der Waals surface area contributed by atoms with Crippen molar-refractivity contribution in [3.63, 3.8) is 0 Å². The molecule has 0 heterocycles. The standard InChI is InChI=1S/C14H30N4.HI/c1-11(2)10-17-14(15-5)16-8-9-18(12(3)4)13-6-7-13;/h11-13H,6-10H2,1-5H3,(H2,15,16,17);1H. The van der Waals surface area contributed by atoms with Crippen LogP contribution < -0.4 is 10.6 Å². The van der Waals surface area contributed by atoms with E-state index in [1.165, 1.54) is 12.8 Å². The Bertz CT molecular complexity index is 260. The topological polar surface area (TPSA) is 39.7 Å². The van der Waals surface area contributed by atoms with Crippen molar-refractivity contribution in [3.8, 4) is 0 Å². The fourth-order valence-corrected chi connectivity index (χ4v) is 2.09. The second kappa shape index (κ2) is 9.80. The fraction of sp³-hybridized carbons (Fsp3) is 0.929. The molecule has 0 aromatic carbocycles. The Balaban J connectivity index is 0.00000324. The quantitative estimate of drug-likeness (QED) is 0.403. The van der Waals surface area contributed by atoms with Crippen molar-refractivity contribution >= 4 is 29.9 Å². The smallest absolute Gasteiger partial charge is 0.191 e. The Hall–Kier alpha value is -0.0400. The van der Waals surface area contributed by atoms with Crippen LogP contribution in [-0.2, 0) is 0 Å². The normalized spacial score (nSPS) is 15.9. The third kappa shape index (κ3) is 7.97. The monoisotopic (exact) mass is 382 g/mol. The zero-order valence-corrected chi connectivity index (χ0v) is 15.4. The van der Waals surface area contributed by atoms with Crippen molar-refractivity contribution in [1.82, 2.24) is 15.5 Å². The first-order chi connectivity index (χ1) is 8.54. The molecule has 0 aromatic heterocycles. The fourth-order valence-electron chi connectivity index (χ4n) is 2.09. The Morgan fingerprint density at radius 1 is 1.21 bits per heavy atom. The highest BCUT2D eigenvalue weighted by Gasteiger charge is 2.29. The molecule has 5 heteroatoms. The molecule has 1 rings (SSSR count). The van der Waals surface area contributed by atoms with Gasteiger partial charge in [-0.2, -0.15) is 0 Å². The van der Waals surface area contributed by atoms with Gasteiger partial charge < -0.3 is 10.6 Å². The molecule has 2 N–H and O–H groups in total. The predicted octanol–water partition coefficient (Wildman–Crippen LogP) is 2.30. The average Bonchev–Trinajstić information content (AvgIpc) is 3.11. The molecule has 19 heavy (non-hydrogen) atoms. The van der Waals surface area contributed by atoms with Gasteiger partial charge in [-0.25, -0.2) is 0 Å². The van der Waals surface area contributed by atoms with Crippen molar-refractivity contribution < 1.29 is 0 Å². The van der Waals surface area contributed by atoms with Crippen LogP contribution in [0.3, 0.4) is 0 Å². The SMILES string of the molecule is CN=C(NCCN(C(C)C)C1CC1)NCC(C)C.I. The summed E-state index contributed by atoms with van der Waals surface area (Å²) in [5.41, 5.74) is 0. The van der Waals surface area contributed by atoms with E-state index >= 15 is 0 Å². The lowest BCUT2D eigenvalue weighted by atomic mass is 10.2. The molecule has 1 fully saturated rings. The zero-order valence-electron chi connectivity index (χ0n) is 13.1. The Labute approximate surface area is 135 Å². The van der Waals surface area contributed by atoms with Gasteiger partial charge in [0.25, 0.3) is 0 Å². The Morgan fingerprint density at radius 2 is 1.84 bits per heavy atom. The first-order valence-electron chi connectivity index (χ1n) is 7.24. The average molecular weight is 382 g/mol.